The molecular weight excluding hydrogens is 465 g/mol. The van der Waals surface area contributed by atoms with Gasteiger partial charge in [0.1, 0.15) is 22.8 Å². The predicted molar refractivity (Wildman–Crippen MR) is 125 cm³/mol. The third-order valence-corrected chi connectivity index (χ3v) is 6.35. The first-order valence-corrected chi connectivity index (χ1v) is 11.3. The van der Waals surface area contributed by atoms with Crippen molar-refractivity contribution in [2.45, 2.75) is 31.8 Å². The molecule has 0 spiro atoms. The highest BCUT2D eigenvalue weighted by Gasteiger charge is 2.32. The number of rotatable bonds is 5. The molecule has 2 amide bonds. The summed E-state index contributed by atoms with van der Waals surface area (Å²) in [6.07, 6.45) is 2.46. The molecule has 1 aliphatic carbocycles. The molecule has 8 heteroatoms. The highest BCUT2D eigenvalue weighted by Crippen LogP contribution is 2.38. The number of amides is 2. The van der Waals surface area contributed by atoms with E-state index in [4.69, 9.17) is 16.0 Å². The van der Waals surface area contributed by atoms with Gasteiger partial charge >= 0.3 is 6.03 Å². The van der Waals surface area contributed by atoms with E-state index in [9.17, 15) is 18.0 Å². The number of furan rings is 1. The molecule has 0 aliphatic heterocycles. The van der Waals surface area contributed by atoms with Gasteiger partial charge in [-0.2, -0.15) is 0 Å². The van der Waals surface area contributed by atoms with Gasteiger partial charge in [-0.05, 0) is 43.0 Å². The van der Waals surface area contributed by atoms with Crippen molar-refractivity contribution < 1.29 is 22.4 Å². The second-order valence-electron chi connectivity index (χ2n) is 8.29. The van der Waals surface area contributed by atoms with Crippen LogP contribution in [0, 0.1) is 17.5 Å². The molecule has 0 saturated heterocycles. The number of hydrogen-bond acceptors (Lipinski definition) is 2. The molecule has 1 heterocycles. The van der Waals surface area contributed by atoms with Gasteiger partial charge in [0.15, 0.2) is 11.6 Å². The van der Waals surface area contributed by atoms with Crippen molar-refractivity contribution >= 4 is 34.3 Å². The zero-order chi connectivity index (χ0) is 23.8. The minimum absolute atomic E-state index is 0.0808. The number of carbonyl (C=O) groups is 1. The molecule has 34 heavy (non-hydrogen) atoms. The van der Waals surface area contributed by atoms with E-state index in [-0.39, 0.29) is 12.6 Å². The molecule has 1 aromatic heterocycles. The summed E-state index contributed by atoms with van der Waals surface area (Å²) in [6.45, 7) is 0.0808. The number of anilines is 1. The monoisotopic (exact) mass is 484 g/mol. The van der Waals surface area contributed by atoms with E-state index in [0.717, 1.165) is 35.8 Å². The second-order valence-corrected chi connectivity index (χ2v) is 8.73. The number of carbonyl (C=O) groups excluding carboxylic acids is 1. The number of fused-ring (bicyclic) bond motifs is 1. The first kappa shape index (κ1) is 22.3. The summed E-state index contributed by atoms with van der Waals surface area (Å²) in [5.74, 6) is -2.88. The number of urea groups is 1. The predicted octanol–water partition coefficient (Wildman–Crippen LogP) is 7.76. The van der Waals surface area contributed by atoms with Crippen molar-refractivity contribution in [1.29, 1.82) is 0 Å². The lowest BCUT2D eigenvalue weighted by molar-refractivity contribution is 0.138. The number of halogens is 4. The Morgan fingerprint density at radius 3 is 2.38 bits per heavy atom. The van der Waals surface area contributed by atoms with E-state index in [1.807, 2.05) is 36.4 Å². The molecular formula is C26H20ClF3N2O2. The summed E-state index contributed by atoms with van der Waals surface area (Å²) in [6, 6.07) is 15.1. The topological polar surface area (TPSA) is 45.5 Å². The van der Waals surface area contributed by atoms with E-state index in [0.29, 0.717) is 28.5 Å². The van der Waals surface area contributed by atoms with E-state index in [2.05, 4.69) is 5.32 Å². The molecule has 0 atom stereocenters. The quantitative estimate of drug-likeness (QED) is 0.314. The fourth-order valence-corrected chi connectivity index (χ4v) is 4.39. The van der Waals surface area contributed by atoms with E-state index in [1.54, 1.807) is 12.1 Å². The molecule has 174 valence electrons. The summed E-state index contributed by atoms with van der Waals surface area (Å²) in [5, 5.41) is 3.64. The minimum Gasteiger partial charge on any atom is -0.459 e. The Bertz CT molecular complexity index is 1350. The molecule has 0 radical (unpaired) electrons. The highest BCUT2D eigenvalue weighted by atomic mass is 35.5. The van der Waals surface area contributed by atoms with Crippen LogP contribution < -0.4 is 5.32 Å². The van der Waals surface area contributed by atoms with Crippen molar-refractivity contribution in [3.63, 3.8) is 0 Å². The highest BCUT2D eigenvalue weighted by molar-refractivity contribution is 6.31. The van der Waals surface area contributed by atoms with Gasteiger partial charge in [-0.25, -0.2) is 18.0 Å². The Morgan fingerprint density at radius 2 is 1.74 bits per heavy atom. The summed E-state index contributed by atoms with van der Waals surface area (Å²) >= 11 is 6.24. The lowest BCUT2D eigenvalue weighted by Gasteiger charge is -2.37. The SMILES string of the molecule is O=C(Nc1c(F)cc(F)cc1F)N(Cc1oc2ccc(Cl)cc2c1-c1ccccc1)C1CCC1. The fraction of sp³-hybridized carbons (Fsp3) is 0.192. The maximum atomic E-state index is 14.2. The number of benzene rings is 3. The fourth-order valence-electron chi connectivity index (χ4n) is 4.21. The van der Waals surface area contributed by atoms with Crippen LogP contribution >= 0.6 is 11.6 Å². The van der Waals surface area contributed by atoms with Crippen LogP contribution in [-0.4, -0.2) is 17.0 Å². The maximum Gasteiger partial charge on any atom is 0.322 e. The van der Waals surface area contributed by atoms with Gasteiger partial charge in [0.25, 0.3) is 0 Å². The van der Waals surface area contributed by atoms with Gasteiger partial charge in [-0.15, -0.1) is 0 Å². The number of nitrogens with one attached hydrogen (secondary N) is 1. The molecule has 4 nitrogen and oxygen atoms in total. The van der Waals surface area contributed by atoms with Gasteiger partial charge < -0.3 is 14.6 Å². The minimum atomic E-state index is -1.18. The van der Waals surface area contributed by atoms with Crippen LogP contribution in [0.3, 0.4) is 0 Å². The van der Waals surface area contributed by atoms with Crippen LogP contribution in [0.15, 0.2) is 65.1 Å². The van der Waals surface area contributed by atoms with Gasteiger partial charge in [-0.3, -0.25) is 0 Å². The Kier molecular flexibility index (Phi) is 5.96. The normalized spacial score (nSPS) is 13.6. The van der Waals surface area contributed by atoms with Crippen LogP contribution in [0.2, 0.25) is 5.02 Å². The average Bonchev–Trinajstić information content (AvgIpc) is 3.12. The van der Waals surface area contributed by atoms with Crippen molar-refractivity contribution in [1.82, 2.24) is 4.90 Å². The van der Waals surface area contributed by atoms with Crippen LogP contribution in [0.4, 0.5) is 23.7 Å². The van der Waals surface area contributed by atoms with Crippen molar-refractivity contribution in [2.75, 3.05) is 5.32 Å². The van der Waals surface area contributed by atoms with Gasteiger partial charge in [0.05, 0.1) is 6.54 Å². The van der Waals surface area contributed by atoms with Crippen molar-refractivity contribution in [3.8, 4) is 11.1 Å². The van der Waals surface area contributed by atoms with Crippen molar-refractivity contribution in [3.05, 3.63) is 88.9 Å². The molecule has 4 aromatic rings. The van der Waals surface area contributed by atoms with Crippen molar-refractivity contribution in [2.24, 2.45) is 0 Å². The Balaban J connectivity index is 1.53. The summed E-state index contributed by atoms with van der Waals surface area (Å²) < 4.78 is 47.8. The largest absolute Gasteiger partial charge is 0.459 e. The molecule has 1 fully saturated rings. The molecule has 1 N–H and O–H groups in total. The van der Waals surface area contributed by atoms with Crippen LogP contribution in [0.5, 0.6) is 0 Å². The lowest BCUT2D eigenvalue weighted by Crippen LogP contribution is -2.46. The van der Waals surface area contributed by atoms with Gasteiger partial charge in [0, 0.05) is 34.1 Å². The van der Waals surface area contributed by atoms with E-state index < -0.39 is 29.2 Å². The molecule has 0 unspecified atom stereocenters. The van der Waals surface area contributed by atoms with Crippen LogP contribution in [0.25, 0.3) is 22.1 Å². The molecule has 3 aromatic carbocycles. The molecule has 0 bridgehead atoms. The number of nitrogens with zero attached hydrogens (tertiary/aromatic N) is 1. The Morgan fingerprint density at radius 1 is 1.03 bits per heavy atom. The second kappa shape index (κ2) is 9.06. The number of hydrogen-bond donors (Lipinski definition) is 1. The third kappa shape index (κ3) is 4.23. The van der Waals surface area contributed by atoms with E-state index in [1.165, 1.54) is 4.90 Å². The van der Waals surface area contributed by atoms with Crippen LogP contribution in [0.1, 0.15) is 25.0 Å². The first-order chi connectivity index (χ1) is 16.4. The summed E-state index contributed by atoms with van der Waals surface area (Å²) in [7, 11) is 0. The third-order valence-electron chi connectivity index (χ3n) is 6.11. The average molecular weight is 485 g/mol. The summed E-state index contributed by atoms with van der Waals surface area (Å²) in [5.41, 5.74) is 1.62. The van der Waals surface area contributed by atoms with Gasteiger partial charge in [0.2, 0.25) is 0 Å². The lowest BCUT2D eigenvalue weighted by atomic mass is 9.91. The zero-order valence-corrected chi connectivity index (χ0v) is 18.7. The van der Waals surface area contributed by atoms with Gasteiger partial charge in [-0.1, -0.05) is 41.9 Å². The smallest absolute Gasteiger partial charge is 0.322 e. The van der Waals surface area contributed by atoms with Crippen LogP contribution in [-0.2, 0) is 6.54 Å². The maximum absolute atomic E-state index is 14.2. The molecule has 1 saturated carbocycles. The Hall–Kier alpha value is -3.45. The first-order valence-electron chi connectivity index (χ1n) is 10.9. The molecule has 5 rings (SSSR count). The standard InChI is InChI=1S/C26H20ClF3N2O2/c27-16-9-10-22-19(11-16)24(15-5-2-1-3-6-15)23(34-22)14-32(18-7-4-8-18)26(33)31-25-20(29)12-17(28)13-21(25)30/h1-3,5-6,9-13,18H,4,7-8,14H2,(H,31,33). The molecule has 1 aliphatic rings. The van der Waals surface area contributed by atoms with E-state index >= 15 is 0 Å². The zero-order valence-electron chi connectivity index (χ0n) is 18.0. The Labute approximate surface area is 198 Å². The summed E-state index contributed by atoms with van der Waals surface area (Å²) in [4.78, 5) is 14.7.